The van der Waals surface area contributed by atoms with Crippen LogP contribution in [0.4, 0.5) is 4.39 Å². The van der Waals surface area contributed by atoms with Crippen LogP contribution < -0.4 is 0 Å². The largest absolute Gasteiger partial charge is 0.503 e. The molecule has 0 bridgehead atoms. The maximum Gasteiger partial charge on any atom is 0.503 e. The van der Waals surface area contributed by atoms with Gasteiger partial charge in [0.05, 0.1) is 6.67 Å². The van der Waals surface area contributed by atoms with E-state index in [1.807, 2.05) is 20.8 Å². The number of alkyl halides is 1. The molecule has 0 unspecified atom stereocenters. The molecule has 0 amide bonds. The van der Waals surface area contributed by atoms with Gasteiger partial charge in [0.1, 0.15) is 0 Å². The summed E-state index contributed by atoms with van der Waals surface area (Å²) in [5.41, 5.74) is 0. The molecular weight excluding hydrogens is 227 g/mol. The predicted molar refractivity (Wildman–Crippen MR) is 65.3 cm³/mol. The fourth-order valence-corrected chi connectivity index (χ4v) is 3.69. The van der Waals surface area contributed by atoms with Gasteiger partial charge in [-0.15, -0.1) is 0 Å². The Balaban J connectivity index is 4.32. The summed E-state index contributed by atoms with van der Waals surface area (Å²) in [6, 6.07) is 0.271. The normalized spacial score (nSPS) is 12.0. The molecule has 3 nitrogen and oxygen atoms in total. The second-order valence-electron chi connectivity index (χ2n) is 3.67. The van der Waals surface area contributed by atoms with E-state index in [0.717, 1.165) is 19.3 Å². The van der Waals surface area contributed by atoms with Crippen molar-refractivity contribution >= 4 is 8.80 Å². The number of hydrogen-bond acceptors (Lipinski definition) is 3. The number of halogens is 1. The van der Waals surface area contributed by atoms with Crippen molar-refractivity contribution in [3.05, 3.63) is 0 Å². The molecule has 0 saturated heterocycles. The quantitative estimate of drug-likeness (QED) is 0.529. The van der Waals surface area contributed by atoms with Crippen LogP contribution >= 0.6 is 0 Å². The molecule has 0 aromatic carbocycles. The van der Waals surface area contributed by atoms with Crippen LogP contribution in [-0.4, -0.2) is 35.3 Å². The first kappa shape index (κ1) is 16.0. The third-order valence-corrected chi connectivity index (χ3v) is 4.71. The maximum atomic E-state index is 12.6. The zero-order valence-corrected chi connectivity index (χ0v) is 11.8. The first-order chi connectivity index (χ1) is 7.74. The van der Waals surface area contributed by atoms with E-state index >= 15 is 0 Å². The Labute approximate surface area is 99.6 Å². The Morgan fingerprint density at radius 1 is 0.812 bits per heavy atom. The van der Waals surface area contributed by atoms with Crippen molar-refractivity contribution in [2.24, 2.45) is 0 Å². The smallest absolute Gasteiger partial charge is 0.373 e. The first-order valence-corrected chi connectivity index (χ1v) is 8.15. The molecule has 0 rings (SSSR count). The molecule has 0 heterocycles. The second-order valence-corrected chi connectivity index (χ2v) is 6.40. The van der Waals surface area contributed by atoms with Crippen molar-refractivity contribution in [1.29, 1.82) is 0 Å². The summed E-state index contributed by atoms with van der Waals surface area (Å²) in [6.07, 6.45) is 2.68. The fraction of sp³-hybridized carbons (Fsp3) is 1.00. The molecule has 5 heteroatoms. The van der Waals surface area contributed by atoms with Gasteiger partial charge < -0.3 is 13.3 Å². The van der Waals surface area contributed by atoms with Gasteiger partial charge in [-0.2, -0.15) is 0 Å². The molecule has 0 aromatic rings. The van der Waals surface area contributed by atoms with Crippen LogP contribution in [0.1, 0.15) is 40.0 Å². The predicted octanol–water partition coefficient (Wildman–Crippen LogP) is 3.17. The topological polar surface area (TPSA) is 27.7 Å². The zero-order valence-electron chi connectivity index (χ0n) is 10.8. The van der Waals surface area contributed by atoms with Crippen LogP contribution in [0.25, 0.3) is 0 Å². The summed E-state index contributed by atoms with van der Waals surface area (Å²) < 4.78 is 29.6. The summed E-state index contributed by atoms with van der Waals surface area (Å²) in [5, 5.41) is 0. The van der Waals surface area contributed by atoms with Crippen LogP contribution in [0.3, 0.4) is 0 Å². The Bertz CT molecular complexity index is 136. The van der Waals surface area contributed by atoms with Crippen LogP contribution in [0.15, 0.2) is 0 Å². The Morgan fingerprint density at radius 2 is 1.19 bits per heavy atom. The van der Waals surface area contributed by atoms with E-state index in [-0.39, 0.29) is 6.04 Å². The monoisotopic (exact) mass is 252 g/mol. The summed E-state index contributed by atoms with van der Waals surface area (Å²) in [4.78, 5) is 0. The molecule has 0 spiro atoms. The molecule has 0 aromatic heterocycles. The van der Waals surface area contributed by atoms with Gasteiger partial charge in [0.2, 0.25) is 0 Å². The van der Waals surface area contributed by atoms with Gasteiger partial charge in [-0.1, -0.05) is 20.8 Å². The summed E-state index contributed by atoms with van der Waals surface area (Å²) in [6.45, 7) is 7.37. The van der Waals surface area contributed by atoms with Gasteiger partial charge in [0, 0.05) is 25.9 Å². The molecule has 0 aliphatic rings. The Hall–Kier alpha value is 0.0269. The fourth-order valence-electron chi connectivity index (χ4n) is 1.23. The summed E-state index contributed by atoms with van der Waals surface area (Å²) in [7, 11) is -2.73. The molecule has 0 saturated carbocycles. The van der Waals surface area contributed by atoms with Gasteiger partial charge in [0.25, 0.3) is 0 Å². The first-order valence-electron chi connectivity index (χ1n) is 6.22. The van der Waals surface area contributed by atoms with E-state index in [0.29, 0.717) is 19.8 Å². The minimum atomic E-state index is -2.73. The van der Waals surface area contributed by atoms with Crippen molar-refractivity contribution in [2.45, 2.75) is 46.1 Å². The molecule has 0 N–H and O–H groups in total. The van der Waals surface area contributed by atoms with Crippen LogP contribution in [0.2, 0.25) is 6.04 Å². The Kier molecular flexibility index (Phi) is 10.2. The van der Waals surface area contributed by atoms with E-state index < -0.39 is 15.5 Å². The van der Waals surface area contributed by atoms with Crippen LogP contribution in [0, 0.1) is 0 Å². The molecule has 0 fully saturated rings. The molecule has 0 radical (unpaired) electrons. The van der Waals surface area contributed by atoms with E-state index in [1.165, 1.54) is 0 Å². The molecule has 0 aliphatic carbocycles. The minimum Gasteiger partial charge on any atom is -0.373 e. The van der Waals surface area contributed by atoms with Crippen molar-refractivity contribution in [3.8, 4) is 0 Å². The molecule has 0 aliphatic heterocycles. The van der Waals surface area contributed by atoms with Crippen molar-refractivity contribution in [3.63, 3.8) is 0 Å². The average molecular weight is 252 g/mol. The highest BCUT2D eigenvalue weighted by atomic mass is 28.4. The Morgan fingerprint density at radius 3 is 1.44 bits per heavy atom. The lowest BCUT2D eigenvalue weighted by Crippen LogP contribution is -2.47. The van der Waals surface area contributed by atoms with Crippen LogP contribution in [0.5, 0.6) is 0 Å². The molecule has 0 atom stereocenters. The van der Waals surface area contributed by atoms with E-state index in [9.17, 15) is 4.39 Å². The third kappa shape index (κ3) is 6.58. The average Bonchev–Trinajstić information content (AvgIpc) is 2.31. The van der Waals surface area contributed by atoms with E-state index in [2.05, 4.69) is 0 Å². The van der Waals surface area contributed by atoms with Crippen molar-refractivity contribution in [1.82, 2.24) is 0 Å². The molecular formula is C11H25FO3Si. The van der Waals surface area contributed by atoms with Gasteiger partial charge in [0.15, 0.2) is 0 Å². The van der Waals surface area contributed by atoms with E-state index in [4.69, 9.17) is 13.3 Å². The van der Waals surface area contributed by atoms with Gasteiger partial charge in [-0.3, -0.25) is 4.39 Å². The SMILES string of the molecule is CCCO[Si](CCF)(OCCC)OCCC. The lowest BCUT2D eigenvalue weighted by molar-refractivity contribution is 0.0577. The molecule has 16 heavy (non-hydrogen) atoms. The van der Waals surface area contributed by atoms with Gasteiger partial charge >= 0.3 is 8.80 Å². The zero-order chi connectivity index (χ0) is 12.3. The van der Waals surface area contributed by atoms with E-state index in [1.54, 1.807) is 0 Å². The van der Waals surface area contributed by atoms with Gasteiger partial charge in [-0.25, -0.2) is 0 Å². The lowest BCUT2D eigenvalue weighted by atomic mass is 10.5. The number of rotatable bonds is 11. The summed E-state index contributed by atoms with van der Waals surface area (Å²) in [5.74, 6) is 0. The van der Waals surface area contributed by atoms with Gasteiger partial charge in [-0.05, 0) is 19.3 Å². The van der Waals surface area contributed by atoms with Crippen LogP contribution in [-0.2, 0) is 13.3 Å². The highest BCUT2D eigenvalue weighted by Crippen LogP contribution is 2.17. The minimum absolute atomic E-state index is 0.271. The molecule has 98 valence electrons. The maximum absolute atomic E-state index is 12.6. The van der Waals surface area contributed by atoms with Crippen molar-refractivity contribution < 1.29 is 17.7 Å². The second kappa shape index (κ2) is 10.2. The number of hydrogen-bond donors (Lipinski definition) is 0. The standard InChI is InChI=1S/C11H25FO3Si/c1-4-8-13-16(11-7-12,14-9-5-2)15-10-6-3/h4-11H2,1-3H3. The third-order valence-electron chi connectivity index (χ3n) is 1.98. The van der Waals surface area contributed by atoms with Crippen molar-refractivity contribution in [2.75, 3.05) is 26.5 Å². The highest BCUT2D eigenvalue weighted by molar-refractivity contribution is 6.60. The summed E-state index contributed by atoms with van der Waals surface area (Å²) >= 11 is 0. The lowest BCUT2D eigenvalue weighted by Gasteiger charge is -2.28. The highest BCUT2D eigenvalue weighted by Gasteiger charge is 2.40.